The third-order valence-electron chi connectivity index (χ3n) is 5.98. The molecule has 3 rings (SSSR count). The molecule has 172 valence electrons. The number of hydrogen-bond donors (Lipinski definition) is 2. The summed E-state index contributed by atoms with van der Waals surface area (Å²) in [6.07, 6.45) is 0.696. The Bertz CT molecular complexity index is 862. The Hall–Kier alpha value is -2.90. The highest BCUT2D eigenvalue weighted by Crippen LogP contribution is 2.24. The van der Waals surface area contributed by atoms with Crippen molar-refractivity contribution in [2.45, 2.75) is 12.5 Å². The minimum atomic E-state index is -0.582. The molecule has 0 aliphatic carbocycles. The summed E-state index contributed by atoms with van der Waals surface area (Å²) in [7, 11) is 6.16. The number of amides is 2. The van der Waals surface area contributed by atoms with Crippen molar-refractivity contribution < 1.29 is 9.59 Å². The largest absolute Gasteiger partial charge is 0.378 e. The summed E-state index contributed by atoms with van der Waals surface area (Å²) in [5.74, 6) is -1.16. The predicted molar refractivity (Wildman–Crippen MR) is 129 cm³/mol. The number of carbonyl (C=O) groups is 2. The summed E-state index contributed by atoms with van der Waals surface area (Å²) in [4.78, 5) is 31.5. The standard InChI is InChI=1S/C25H35N5O2/c1-28(2)22-11-9-21(10-12-22)23(30-17-15-29(3)16-18-30)19-27-25(32)24(31)26-14-13-20-7-5-4-6-8-20/h4-12,23H,13-19H2,1-3H3,(H,26,31)(H,27,32)/t23-/m1/s1. The minimum absolute atomic E-state index is 0.0287. The molecule has 1 aliphatic heterocycles. The molecule has 7 heteroatoms. The molecule has 1 aliphatic rings. The molecule has 1 saturated heterocycles. The number of nitrogens with one attached hydrogen (secondary N) is 2. The van der Waals surface area contributed by atoms with Gasteiger partial charge in [-0.05, 0) is 36.7 Å². The fourth-order valence-electron chi connectivity index (χ4n) is 3.90. The van der Waals surface area contributed by atoms with E-state index in [9.17, 15) is 9.59 Å². The van der Waals surface area contributed by atoms with Crippen LogP contribution in [0, 0.1) is 0 Å². The summed E-state index contributed by atoms with van der Waals surface area (Å²) < 4.78 is 0. The van der Waals surface area contributed by atoms with E-state index in [-0.39, 0.29) is 6.04 Å². The van der Waals surface area contributed by atoms with Crippen LogP contribution in [0.15, 0.2) is 54.6 Å². The van der Waals surface area contributed by atoms with Crippen LogP contribution in [0.25, 0.3) is 0 Å². The third kappa shape index (κ3) is 6.80. The van der Waals surface area contributed by atoms with E-state index in [1.54, 1.807) is 0 Å². The molecule has 2 aromatic rings. The van der Waals surface area contributed by atoms with Gasteiger partial charge < -0.3 is 20.4 Å². The zero-order valence-corrected chi connectivity index (χ0v) is 19.4. The lowest BCUT2D eigenvalue weighted by atomic mass is 10.0. The van der Waals surface area contributed by atoms with Crippen molar-refractivity contribution in [2.75, 3.05) is 65.3 Å². The van der Waals surface area contributed by atoms with Gasteiger partial charge in [0.05, 0.1) is 6.04 Å². The van der Waals surface area contributed by atoms with Crippen LogP contribution in [0.2, 0.25) is 0 Å². The molecule has 2 amide bonds. The van der Waals surface area contributed by atoms with Crippen LogP contribution < -0.4 is 15.5 Å². The van der Waals surface area contributed by atoms with E-state index >= 15 is 0 Å². The lowest BCUT2D eigenvalue weighted by Gasteiger charge is -2.38. The van der Waals surface area contributed by atoms with E-state index in [4.69, 9.17) is 0 Å². The molecular formula is C25H35N5O2. The first kappa shape index (κ1) is 23.8. The fraction of sp³-hybridized carbons (Fsp3) is 0.440. The lowest BCUT2D eigenvalue weighted by Crippen LogP contribution is -2.49. The van der Waals surface area contributed by atoms with Crippen LogP contribution in [0.5, 0.6) is 0 Å². The van der Waals surface area contributed by atoms with Gasteiger partial charge in [-0.1, -0.05) is 42.5 Å². The summed E-state index contributed by atoms with van der Waals surface area (Å²) in [5.41, 5.74) is 3.40. The molecule has 2 aromatic carbocycles. The molecule has 1 atom stereocenters. The highest BCUT2D eigenvalue weighted by Gasteiger charge is 2.25. The van der Waals surface area contributed by atoms with Crippen molar-refractivity contribution in [3.05, 3.63) is 65.7 Å². The van der Waals surface area contributed by atoms with Gasteiger partial charge in [0.2, 0.25) is 0 Å². The Morgan fingerprint density at radius 1 is 0.906 bits per heavy atom. The van der Waals surface area contributed by atoms with Crippen molar-refractivity contribution in [1.82, 2.24) is 20.4 Å². The summed E-state index contributed by atoms with van der Waals surface area (Å²) in [6.45, 7) is 4.66. The average Bonchev–Trinajstić information content (AvgIpc) is 2.81. The van der Waals surface area contributed by atoms with Crippen molar-refractivity contribution in [3.8, 4) is 0 Å². The molecule has 7 nitrogen and oxygen atoms in total. The fourth-order valence-corrected chi connectivity index (χ4v) is 3.90. The average molecular weight is 438 g/mol. The first-order chi connectivity index (χ1) is 15.4. The van der Waals surface area contributed by atoms with E-state index in [0.29, 0.717) is 19.5 Å². The van der Waals surface area contributed by atoms with E-state index < -0.39 is 11.8 Å². The number of nitrogens with zero attached hydrogens (tertiary/aromatic N) is 3. The maximum atomic E-state index is 12.4. The molecule has 0 radical (unpaired) electrons. The van der Waals surface area contributed by atoms with Gasteiger partial charge in [-0.15, -0.1) is 0 Å². The van der Waals surface area contributed by atoms with Crippen LogP contribution in [-0.4, -0.2) is 82.0 Å². The molecule has 0 spiro atoms. The van der Waals surface area contributed by atoms with Gasteiger partial charge in [0.15, 0.2) is 0 Å². The Labute approximate surface area is 191 Å². The molecule has 0 aromatic heterocycles. The van der Waals surface area contributed by atoms with E-state index in [2.05, 4.69) is 56.6 Å². The first-order valence-electron chi connectivity index (χ1n) is 11.2. The molecule has 0 saturated carbocycles. The molecule has 0 unspecified atom stereocenters. The summed E-state index contributed by atoms with van der Waals surface area (Å²) in [5, 5.41) is 5.58. The number of carbonyl (C=O) groups excluding carboxylic acids is 2. The highest BCUT2D eigenvalue weighted by molar-refractivity contribution is 6.35. The van der Waals surface area contributed by atoms with Crippen LogP contribution in [-0.2, 0) is 16.0 Å². The summed E-state index contributed by atoms with van der Waals surface area (Å²) >= 11 is 0. The summed E-state index contributed by atoms with van der Waals surface area (Å²) in [6, 6.07) is 18.4. The normalized spacial score (nSPS) is 15.7. The molecule has 32 heavy (non-hydrogen) atoms. The van der Waals surface area contributed by atoms with Gasteiger partial charge in [0, 0.05) is 59.1 Å². The zero-order valence-electron chi connectivity index (χ0n) is 19.4. The monoisotopic (exact) mass is 437 g/mol. The van der Waals surface area contributed by atoms with Crippen molar-refractivity contribution in [2.24, 2.45) is 0 Å². The van der Waals surface area contributed by atoms with Crippen molar-refractivity contribution >= 4 is 17.5 Å². The minimum Gasteiger partial charge on any atom is -0.378 e. The number of rotatable bonds is 8. The van der Waals surface area contributed by atoms with Gasteiger partial charge >= 0.3 is 11.8 Å². The van der Waals surface area contributed by atoms with E-state index in [1.807, 2.05) is 44.4 Å². The van der Waals surface area contributed by atoms with Crippen LogP contribution in [0.1, 0.15) is 17.2 Å². The number of anilines is 1. The lowest BCUT2D eigenvalue weighted by molar-refractivity contribution is -0.139. The number of piperazine rings is 1. The van der Waals surface area contributed by atoms with Gasteiger partial charge in [0.25, 0.3) is 0 Å². The zero-order chi connectivity index (χ0) is 22.9. The third-order valence-corrected chi connectivity index (χ3v) is 5.98. The predicted octanol–water partition coefficient (Wildman–Crippen LogP) is 1.52. The molecule has 0 bridgehead atoms. The maximum absolute atomic E-state index is 12.4. The van der Waals surface area contributed by atoms with E-state index in [0.717, 1.165) is 43.0 Å². The second kappa shape index (κ2) is 11.6. The Kier molecular flexibility index (Phi) is 8.64. The maximum Gasteiger partial charge on any atom is 0.309 e. The SMILES string of the molecule is CN1CCN([C@H](CNC(=O)C(=O)NCCc2ccccc2)c2ccc(N(C)C)cc2)CC1. The number of hydrogen-bond acceptors (Lipinski definition) is 5. The van der Waals surface area contributed by atoms with Crippen LogP contribution in [0.3, 0.4) is 0 Å². The van der Waals surface area contributed by atoms with Crippen LogP contribution in [0.4, 0.5) is 5.69 Å². The van der Waals surface area contributed by atoms with Gasteiger partial charge in [0.1, 0.15) is 0 Å². The van der Waals surface area contributed by atoms with E-state index in [1.165, 1.54) is 0 Å². The molecular weight excluding hydrogens is 402 g/mol. The van der Waals surface area contributed by atoms with Crippen molar-refractivity contribution in [3.63, 3.8) is 0 Å². The molecule has 2 N–H and O–H groups in total. The second-order valence-corrected chi connectivity index (χ2v) is 8.54. The second-order valence-electron chi connectivity index (χ2n) is 8.54. The van der Waals surface area contributed by atoms with Crippen LogP contribution >= 0.6 is 0 Å². The van der Waals surface area contributed by atoms with Gasteiger partial charge in [-0.3, -0.25) is 14.5 Å². The molecule has 1 heterocycles. The quantitative estimate of drug-likeness (QED) is 0.613. The smallest absolute Gasteiger partial charge is 0.309 e. The van der Waals surface area contributed by atoms with Crippen molar-refractivity contribution in [1.29, 1.82) is 0 Å². The molecule has 1 fully saturated rings. The van der Waals surface area contributed by atoms with Gasteiger partial charge in [-0.2, -0.15) is 0 Å². The highest BCUT2D eigenvalue weighted by atomic mass is 16.2. The number of benzene rings is 2. The first-order valence-corrected chi connectivity index (χ1v) is 11.2. The Morgan fingerprint density at radius 3 is 2.16 bits per heavy atom. The van der Waals surface area contributed by atoms with Gasteiger partial charge in [-0.25, -0.2) is 0 Å². The Balaban J connectivity index is 1.57. The number of likely N-dealkylation sites (N-methyl/N-ethyl adjacent to an activating group) is 1. The topological polar surface area (TPSA) is 67.9 Å². The Morgan fingerprint density at radius 2 is 1.53 bits per heavy atom.